The van der Waals surface area contributed by atoms with Crippen LogP contribution < -0.4 is 15.8 Å². The topological polar surface area (TPSA) is 111 Å². The fourth-order valence-electron chi connectivity index (χ4n) is 4.55. The molecule has 3 rings (SSSR count). The number of nitrogen functional groups attached to an aromatic ring is 1. The minimum atomic E-state index is -1.01. The Labute approximate surface area is 188 Å². The van der Waals surface area contributed by atoms with Gasteiger partial charge < -0.3 is 25.6 Å². The lowest BCUT2D eigenvalue weighted by atomic mass is 9.72. The number of rotatable bonds is 8. The van der Waals surface area contributed by atoms with Gasteiger partial charge in [-0.15, -0.1) is 0 Å². The van der Waals surface area contributed by atoms with E-state index in [9.17, 15) is 9.59 Å². The van der Waals surface area contributed by atoms with E-state index in [1.165, 1.54) is 18.6 Å². The summed E-state index contributed by atoms with van der Waals surface area (Å²) in [5.74, 6) is 1.14. The Morgan fingerprint density at radius 2 is 1.88 bits per heavy atom. The van der Waals surface area contributed by atoms with Crippen LogP contribution in [0.3, 0.4) is 0 Å². The van der Waals surface area contributed by atoms with Crippen molar-refractivity contribution < 1.29 is 24.2 Å². The second-order valence-electron chi connectivity index (χ2n) is 8.81. The molecule has 0 heterocycles. The predicted molar refractivity (Wildman–Crippen MR) is 124 cm³/mol. The van der Waals surface area contributed by atoms with Gasteiger partial charge in [-0.3, -0.25) is 4.79 Å². The van der Waals surface area contributed by atoms with Gasteiger partial charge in [0, 0.05) is 11.8 Å². The zero-order valence-corrected chi connectivity index (χ0v) is 18.8. The standard InChI is InChI=1S/C25H32N2O5/c1-15(2)24-16(3)5-4-6-21(24)31-14-23(28)27-18-9-12-20(26)22(13-18)32-19-10-7-17(8-11-19)25(29)30/h7-13,15-16,21,24H,4-6,14,26H2,1-3H3,(H,27,28)(H,29,30). The number of nitrogens with one attached hydrogen (secondary N) is 1. The van der Waals surface area contributed by atoms with Crippen LogP contribution in [0.5, 0.6) is 11.5 Å². The van der Waals surface area contributed by atoms with Crippen LogP contribution in [0, 0.1) is 17.8 Å². The maximum atomic E-state index is 12.5. The second kappa shape index (κ2) is 10.5. The Kier molecular flexibility index (Phi) is 7.75. The van der Waals surface area contributed by atoms with E-state index < -0.39 is 5.97 Å². The molecule has 1 aliphatic rings. The molecule has 0 saturated heterocycles. The maximum absolute atomic E-state index is 12.5. The normalized spacial score (nSPS) is 20.7. The van der Waals surface area contributed by atoms with E-state index in [0.29, 0.717) is 40.6 Å². The number of carbonyl (C=O) groups is 2. The molecule has 7 heteroatoms. The van der Waals surface area contributed by atoms with Crippen molar-refractivity contribution in [3.63, 3.8) is 0 Å². The van der Waals surface area contributed by atoms with Gasteiger partial charge in [0.1, 0.15) is 12.4 Å². The summed E-state index contributed by atoms with van der Waals surface area (Å²) in [5.41, 5.74) is 7.11. The van der Waals surface area contributed by atoms with Crippen molar-refractivity contribution in [1.82, 2.24) is 0 Å². The first-order valence-corrected chi connectivity index (χ1v) is 11.1. The number of carboxylic acid groups (broad SMARTS) is 1. The van der Waals surface area contributed by atoms with E-state index in [1.807, 2.05) is 0 Å². The van der Waals surface area contributed by atoms with E-state index in [1.54, 1.807) is 30.3 Å². The van der Waals surface area contributed by atoms with Gasteiger partial charge in [0.15, 0.2) is 5.75 Å². The predicted octanol–water partition coefficient (Wildman–Crippen LogP) is 5.18. The molecular formula is C25H32N2O5. The molecule has 1 aliphatic carbocycles. The first-order chi connectivity index (χ1) is 15.2. The van der Waals surface area contributed by atoms with E-state index >= 15 is 0 Å². The smallest absolute Gasteiger partial charge is 0.335 e. The number of aromatic carboxylic acids is 1. The molecule has 0 radical (unpaired) electrons. The molecule has 0 bridgehead atoms. The summed E-state index contributed by atoms with van der Waals surface area (Å²) < 4.78 is 11.8. The third-order valence-electron chi connectivity index (χ3n) is 6.06. The third-order valence-corrected chi connectivity index (χ3v) is 6.06. The highest BCUT2D eigenvalue weighted by atomic mass is 16.5. The molecule has 0 aromatic heterocycles. The molecule has 1 amide bonds. The molecule has 2 aromatic carbocycles. The van der Waals surface area contributed by atoms with Crippen molar-refractivity contribution >= 4 is 23.3 Å². The minimum Gasteiger partial charge on any atom is -0.478 e. The third kappa shape index (κ3) is 6.01. The van der Waals surface area contributed by atoms with Crippen LogP contribution in [0.15, 0.2) is 42.5 Å². The Morgan fingerprint density at radius 1 is 1.16 bits per heavy atom. The van der Waals surface area contributed by atoms with E-state index in [0.717, 1.165) is 12.8 Å². The van der Waals surface area contributed by atoms with Crippen LogP contribution in [0.1, 0.15) is 50.4 Å². The lowest BCUT2D eigenvalue weighted by Crippen LogP contribution is -2.38. The van der Waals surface area contributed by atoms with Crippen LogP contribution in [0.2, 0.25) is 0 Å². The molecule has 3 unspecified atom stereocenters. The number of hydrogen-bond acceptors (Lipinski definition) is 5. The molecule has 32 heavy (non-hydrogen) atoms. The average molecular weight is 441 g/mol. The minimum absolute atomic E-state index is 0.00216. The van der Waals surface area contributed by atoms with E-state index in [-0.39, 0.29) is 24.2 Å². The van der Waals surface area contributed by atoms with Crippen LogP contribution in [0.25, 0.3) is 0 Å². The fraction of sp³-hybridized carbons (Fsp3) is 0.440. The summed E-state index contributed by atoms with van der Waals surface area (Å²) >= 11 is 0. The summed E-state index contributed by atoms with van der Waals surface area (Å²) in [6, 6.07) is 11.0. The van der Waals surface area contributed by atoms with Crippen molar-refractivity contribution in [2.24, 2.45) is 17.8 Å². The van der Waals surface area contributed by atoms with Crippen molar-refractivity contribution in [3.05, 3.63) is 48.0 Å². The maximum Gasteiger partial charge on any atom is 0.335 e. The van der Waals surface area contributed by atoms with Gasteiger partial charge in [-0.2, -0.15) is 0 Å². The Balaban J connectivity index is 1.60. The van der Waals surface area contributed by atoms with Gasteiger partial charge in [0.2, 0.25) is 5.91 Å². The number of carbonyl (C=O) groups excluding carboxylic acids is 1. The van der Waals surface area contributed by atoms with Crippen molar-refractivity contribution in [2.45, 2.75) is 46.1 Å². The number of hydrogen-bond donors (Lipinski definition) is 3. The number of anilines is 2. The van der Waals surface area contributed by atoms with Gasteiger partial charge in [-0.1, -0.05) is 33.6 Å². The Hall–Kier alpha value is -3.06. The Morgan fingerprint density at radius 3 is 2.53 bits per heavy atom. The molecule has 4 N–H and O–H groups in total. The fourth-order valence-corrected chi connectivity index (χ4v) is 4.55. The van der Waals surface area contributed by atoms with Crippen LogP contribution >= 0.6 is 0 Å². The molecule has 7 nitrogen and oxygen atoms in total. The second-order valence-corrected chi connectivity index (χ2v) is 8.81. The van der Waals surface area contributed by atoms with Crippen LogP contribution in [-0.4, -0.2) is 29.7 Å². The monoisotopic (exact) mass is 440 g/mol. The van der Waals surface area contributed by atoms with E-state index in [4.69, 9.17) is 20.3 Å². The molecule has 2 aromatic rings. The van der Waals surface area contributed by atoms with Gasteiger partial charge in [0.25, 0.3) is 0 Å². The van der Waals surface area contributed by atoms with Gasteiger partial charge in [0.05, 0.1) is 17.4 Å². The highest BCUT2D eigenvalue weighted by Crippen LogP contribution is 2.37. The highest BCUT2D eigenvalue weighted by Gasteiger charge is 2.33. The first kappa shape index (κ1) is 23.6. The number of nitrogens with two attached hydrogens (primary N) is 1. The summed E-state index contributed by atoms with van der Waals surface area (Å²) in [6.07, 6.45) is 3.43. The molecule has 3 atom stereocenters. The van der Waals surface area contributed by atoms with Crippen molar-refractivity contribution in [2.75, 3.05) is 17.7 Å². The summed E-state index contributed by atoms with van der Waals surface area (Å²) in [4.78, 5) is 23.5. The number of benzene rings is 2. The highest BCUT2D eigenvalue weighted by molar-refractivity contribution is 5.92. The van der Waals surface area contributed by atoms with E-state index in [2.05, 4.69) is 26.1 Å². The molecule has 0 aliphatic heterocycles. The lowest BCUT2D eigenvalue weighted by Gasteiger charge is -2.38. The van der Waals surface area contributed by atoms with Crippen LogP contribution in [0.4, 0.5) is 11.4 Å². The molecule has 172 valence electrons. The summed E-state index contributed by atoms with van der Waals surface area (Å²) in [7, 11) is 0. The average Bonchev–Trinajstić information content (AvgIpc) is 2.74. The van der Waals surface area contributed by atoms with Gasteiger partial charge in [-0.05, 0) is 60.6 Å². The lowest BCUT2D eigenvalue weighted by molar-refractivity contribution is -0.126. The molecule has 1 fully saturated rings. The van der Waals surface area contributed by atoms with Crippen molar-refractivity contribution in [3.8, 4) is 11.5 Å². The summed E-state index contributed by atoms with van der Waals surface area (Å²) in [5, 5.41) is 11.8. The number of ether oxygens (including phenoxy) is 2. The zero-order chi connectivity index (χ0) is 23.3. The number of carboxylic acids is 1. The Bertz CT molecular complexity index is 942. The molecular weight excluding hydrogens is 408 g/mol. The quantitative estimate of drug-likeness (QED) is 0.488. The largest absolute Gasteiger partial charge is 0.478 e. The SMILES string of the molecule is CC(C)C1C(C)CCCC1OCC(=O)Nc1ccc(N)c(Oc2ccc(C(=O)O)cc2)c1. The molecule has 0 spiro atoms. The zero-order valence-electron chi connectivity index (χ0n) is 18.8. The van der Waals surface area contributed by atoms with Gasteiger partial charge in [-0.25, -0.2) is 4.79 Å². The van der Waals surface area contributed by atoms with Crippen molar-refractivity contribution in [1.29, 1.82) is 0 Å². The first-order valence-electron chi connectivity index (χ1n) is 11.1. The van der Waals surface area contributed by atoms with Gasteiger partial charge >= 0.3 is 5.97 Å². The molecule has 1 saturated carbocycles. The summed E-state index contributed by atoms with van der Waals surface area (Å²) in [6.45, 7) is 6.70. The van der Waals surface area contributed by atoms with Crippen LogP contribution in [-0.2, 0) is 9.53 Å². The number of amides is 1.